The van der Waals surface area contributed by atoms with E-state index >= 15 is 0 Å². The Morgan fingerprint density at radius 2 is 1.96 bits per heavy atom. The van der Waals surface area contributed by atoms with Gasteiger partial charge in [0.05, 0.1) is 23.3 Å². The first kappa shape index (κ1) is 15.4. The first-order valence-corrected chi connectivity index (χ1v) is 8.52. The van der Waals surface area contributed by atoms with Crippen molar-refractivity contribution < 1.29 is 0 Å². The van der Waals surface area contributed by atoms with Gasteiger partial charge in [-0.25, -0.2) is 14.8 Å². The number of aromatic nitrogens is 7. The average molecular weight is 357 g/mol. The predicted octanol–water partition coefficient (Wildman–Crippen LogP) is 2.46. The number of aromatic amines is 1. The quantitative estimate of drug-likeness (QED) is 0.535. The summed E-state index contributed by atoms with van der Waals surface area (Å²) < 4.78 is 3.43. The van der Waals surface area contributed by atoms with Crippen LogP contribution in [-0.2, 0) is 0 Å². The topological polar surface area (TPSA) is 94.3 Å². The van der Waals surface area contributed by atoms with E-state index in [-0.39, 0.29) is 11.7 Å². The molecule has 8 heteroatoms. The van der Waals surface area contributed by atoms with Gasteiger partial charge < -0.3 is 4.98 Å². The highest BCUT2D eigenvalue weighted by Crippen LogP contribution is 2.21. The number of pyridine rings is 1. The number of fused-ring (bicyclic) bond motifs is 2. The van der Waals surface area contributed by atoms with Gasteiger partial charge in [0.25, 0.3) is 0 Å². The number of hydrogen-bond donors (Lipinski definition) is 1. The van der Waals surface area contributed by atoms with Gasteiger partial charge in [0, 0.05) is 12.4 Å². The van der Waals surface area contributed by atoms with Gasteiger partial charge in [-0.05, 0) is 30.7 Å². The van der Waals surface area contributed by atoms with E-state index in [0.717, 1.165) is 16.6 Å². The molecule has 0 spiro atoms. The summed E-state index contributed by atoms with van der Waals surface area (Å²) in [6.45, 7) is 1.94. The van der Waals surface area contributed by atoms with Crippen LogP contribution in [-0.4, -0.2) is 34.1 Å². The molecule has 4 heterocycles. The standard InChI is InChI=1S/C19H15N7O/c1-12(13-5-4-8-20-9-13)26-17-15(23-19(26)27)10-21-18(24-17)25-11-22-14-6-2-3-7-16(14)25/h2-12H,1H3,(H,23,27)/t12-/m0/s1. The molecule has 0 aliphatic carbocycles. The molecule has 0 saturated carbocycles. The lowest BCUT2D eigenvalue weighted by Gasteiger charge is -2.13. The van der Waals surface area contributed by atoms with Gasteiger partial charge in [-0.2, -0.15) is 4.98 Å². The van der Waals surface area contributed by atoms with Gasteiger partial charge in [0.2, 0.25) is 5.95 Å². The zero-order valence-electron chi connectivity index (χ0n) is 14.4. The molecule has 0 saturated heterocycles. The van der Waals surface area contributed by atoms with Crippen molar-refractivity contribution >= 4 is 22.2 Å². The second-order valence-electron chi connectivity index (χ2n) is 6.27. The van der Waals surface area contributed by atoms with Crippen LogP contribution < -0.4 is 5.69 Å². The van der Waals surface area contributed by atoms with Crippen LogP contribution in [0.5, 0.6) is 0 Å². The molecular formula is C19H15N7O. The smallest absolute Gasteiger partial charge is 0.303 e. The third kappa shape index (κ3) is 2.42. The molecule has 5 rings (SSSR count). The minimum Gasteiger partial charge on any atom is -0.303 e. The van der Waals surface area contributed by atoms with E-state index in [1.54, 1.807) is 29.5 Å². The third-order valence-corrected chi connectivity index (χ3v) is 4.67. The molecule has 0 aliphatic heterocycles. The Balaban J connectivity index is 1.71. The normalized spacial score (nSPS) is 12.6. The van der Waals surface area contributed by atoms with Crippen molar-refractivity contribution in [1.29, 1.82) is 0 Å². The van der Waals surface area contributed by atoms with Crippen LogP contribution in [0.4, 0.5) is 0 Å². The Hall–Kier alpha value is -3.81. The van der Waals surface area contributed by atoms with Crippen molar-refractivity contribution in [3.05, 3.63) is 77.4 Å². The summed E-state index contributed by atoms with van der Waals surface area (Å²) in [6.07, 6.45) is 6.77. The number of benzene rings is 1. The van der Waals surface area contributed by atoms with Crippen molar-refractivity contribution in [2.24, 2.45) is 0 Å². The van der Waals surface area contributed by atoms with Crippen molar-refractivity contribution in [3.63, 3.8) is 0 Å². The van der Waals surface area contributed by atoms with Gasteiger partial charge in [0.1, 0.15) is 11.8 Å². The van der Waals surface area contributed by atoms with Gasteiger partial charge >= 0.3 is 5.69 Å². The van der Waals surface area contributed by atoms with Crippen LogP contribution in [0.3, 0.4) is 0 Å². The molecule has 0 aliphatic rings. The summed E-state index contributed by atoms with van der Waals surface area (Å²) in [5.74, 6) is 0.460. The lowest BCUT2D eigenvalue weighted by Crippen LogP contribution is -2.21. The first-order chi connectivity index (χ1) is 13.2. The Morgan fingerprint density at radius 3 is 2.81 bits per heavy atom. The van der Waals surface area contributed by atoms with Crippen molar-refractivity contribution in [2.75, 3.05) is 0 Å². The molecule has 1 N–H and O–H groups in total. The zero-order valence-corrected chi connectivity index (χ0v) is 14.4. The zero-order chi connectivity index (χ0) is 18.4. The van der Waals surface area contributed by atoms with E-state index in [1.807, 2.05) is 47.9 Å². The molecule has 8 nitrogen and oxygen atoms in total. The molecule has 4 aromatic heterocycles. The maximum Gasteiger partial charge on any atom is 0.328 e. The van der Waals surface area contributed by atoms with E-state index in [2.05, 4.69) is 24.9 Å². The third-order valence-electron chi connectivity index (χ3n) is 4.67. The maximum atomic E-state index is 12.6. The van der Waals surface area contributed by atoms with Gasteiger partial charge in [-0.3, -0.25) is 14.1 Å². The highest BCUT2D eigenvalue weighted by Gasteiger charge is 2.18. The summed E-state index contributed by atoms with van der Waals surface area (Å²) in [5.41, 5.74) is 3.58. The van der Waals surface area contributed by atoms with E-state index < -0.39 is 0 Å². The fourth-order valence-electron chi connectivity index (χ4n) is 3.27. The van der Waals surface area contributed by atoms with Crippen molar-refractivity contribution in [1.82, 2.24) is 34.1 Å². The summed E-state index contributed by atoms with van der Waals surface area (Å²) in [5, 5.41) is 0. The van der Waals surface area contributed by atoms with E-state index in [4.69, 9.17) is 0 Å². The second-order valence-corrected chi connectivity index (χ2v) is 6.27. The number of nitrogens with zero attached hydrogens (tertiary/aromatic N) is 6. The van der Waals surface area contributed by atoms with E-state index in [1.165, 1.54) is 0 Å². The molecule has 27 heavy (non-hydrogen) atoms. The molecule has 5 aromatic rings. The lowest BCUT2D eigenvalue weighted by atomic mass is 10.1. The molecule has 0 bridgehead atoms. The molecule has 1 aromatic carbocycles. The molecule has 0 unspecified atom stereocenters. The average Bonchev–Trinajstić information content (AvgIpc) is 3.28. The highest BCUT2D eigenvalue weighted by atomic mass is 16.1. The van der Waals surface area contributed by atoms with Gasteiger partial charge in [-0.15, -0.1) is 0 Å². The minimum atomic E-state index is -0.233. The number of hydrogen-bond acceptors (Lipinski definition) is 5. The molecular weight excluding hydrogens is 342 g/mol. The Bertz CT molecular complexity index is 1320. The fraction of sp³-hybridized carbons (Fsp3) is 0.105. The van der Waals surface area contributed by atoms with Crippen molar-refractivity contribution in [3.8, 4) is 5.95 Å². The summed E-state index contributed by atoms with van der Waals surface area (Å²) in [6, 6.07) is 11.3. The SMILES string of the molecule is C[C@@H](c1cccnc1)n1c(=O)[nH]c2cnc(-n3cnc4ccccc43)nc21. The van der Waals surface area contributed by atoms with Gasteiger partial charge in [0.15, 0.2) is 5.65 Å². The molecule has 0 amide bonds. The second kappa shape index (κ2) is 5.87. The molecule has 1 atom stereocenters. The largest absolute Gasteiger partial charge is 0.328 e. The monoisotopic (exact) mass is 357 g/mol. The van der Waals surface area contributed by atoms with Crippen LogP contribution in [0.15, 0.2) is 66.1 Å². The number of H-pyrrole nitrogens is 1. The van der Waals surface area contributed by atoms with E-state index in [9.17, 15) is 4.79 Å². The van der Waals surface area contributed by atoms with Crippen LogP contribution in [0, 0.1) is 0 Å². The Kier molecular flexibility index (Phi) is 3.36. The number of rotatable bonds is 3. The van der Waals surface area contributed by atoms with Crippen LogP contribution in [0.1, 0.15) is 18.5 Å². The summed E-state index contributed by atoms with van der Waals surface area (Å²) in [7, 11) is 0. The number of nitrogens with one attached hydrogen (secondary N) is 1. The van der Waals surface area contributed by atoms with Gasteiger partial charge in [-0.1, -0.05) is 18.2 Å². The Labute approximate surface area is 153 Å². The van der Waals surface area contributed by atoms with Crippen LogP contribution >= 0.6 is 0 Å². The van der Waals surface area contributed by atoms with Crippen LogP contribution in [0.25, 0.3) is 28.1 Å². The lowest BCUT2D eigenvalue weighted by molar-refractivity contribution is 0.627. The molecule has 132 valence electrons. The summed E-state index contributed by atoms with van der Waals surface area (Å²) in [4.78, 5) is 33.0. The number of para-hydroxylation sites is 2. The fourth-order valence-corrected chi connectivity index (χ4v) is 3.27. The maximum absolute atomic E-state index is 12.6. The predicted molar refractivity (Wildman–Crippen MR) is 101 cm³/mol. The summed E-state index contributed by atoms with van der Waals surface area (Å²) >= 11 is 0. The number of imidazole rings is 2. The molecule has 0 fully saturated rings. The minimum absolute atomic E-state index is 0.220. The van der Waals surface area contributed by atoms with Crippen LogP contribution in [0.2, 0.25) is 0 Å². The first-order valence-electron chi connectivity index (χ1n) is 8.52. The Morgan fingerprint density at radius 1 is 1.07 bits per heavy atom. The van der Waals surface area contributed by atoms with Crippen molar-refractivity contribution in [2.45, 2.75) is 13.0 Å². The highest BCUT2D eigenvalue weighted by molar-refractivity contribution is 5.77. The molecule has 0 radical (unpaired) electrons. The van der Waals surface area contributed by atoms with E-state index in [0.29, 0.717) is 17.1 Å².